The Balaban J connectivity index is 1.79. The minimum absolute atomic E-state index is 0.243. The molecule has 0 radical (unpaired) electrons. The molecular weight excluding hydrogens is 404 g/mol. The van der Waals surface area contributed by atoms with Gasteiger partial charge in [-0.1, -0.05) is 36.4 Å². The highest BCUT2D eigenvalue weighted by Gasteiger charge is 2.36. The van der Waals surface area contributed by atoms with Gasteiger partial charge in [0.25, 0.3) is 11.8 Å². The minimum atomic E-state index is -0.421. The van der Waals surface area contributed by atoms with E-state index in [1.165, 1.54) is 0 Å². The molecule has 5 rings (SSSR count). The van der Waals surface area contributed by atoms with E-state index in [0.29, 0.717) is 29.6 Å². The van der Waals surface area contributed by atoms with Gasteiger partial charge in [-0.25, -0.2) is 0 Å². The maximum atomic E-state index is 13.1. The Hall–Kier alpha value is -4.13. The molecule has 0 spiro atoms. The second kappa shape index (κ2) is 7.53. The molecule has 1 aliphatic heterocycles. The quantitative estimate of drug-likeness (QED) is 0.354. The number of hydrogen-bond acceptors (Lipinski definition) is 3. The maximum absolute atomic E-state index is 13.1. The number of para-hydroxylation sites is 2. The Labute approximate surface area is 183 Å². The molecule has 0 saturated heterocycles. The summed E-state index contributed by atoms with van der Waals surface area (Å²) >= 11 is 0. The van der Waals surface area contributed by atoms with Gasteiger partial charge in [0.05, 0.1) is 11.1 Å². The average Bonchev–Trinajstić information content (AvgIpc) is 3.37. The highest BCUT2D eigenvalue weighted by molar-refractivity contribution is 6.51. The van der Waals surface area contributed by atoms with Crippen molar-refractivity contribution in [1.82, 2.24) is 15.3 Å². The lowest BCUT2D eigenvalue weighted by molar-refractivity contribution is -0.123. The van der Waals surface area contributed by atoms with Crippen LogP contribution in [0.5, 0.6) is 0 Å². The molecule has 5 N–H and O–H groups in total. The van der Waals surface area contributed by atoms with E-state index in [2.05, 4.69) is 15.3 Å². The molecule has 160 valence electrons. The number of benzene rings is 2. The zero-order valence-electron chi connectivity index (χ0n) is 17.5. The van der Waals surface area contributed by atoms with Crippen LogP contribution in [0.25, 0.3) is 33.0 Å². The maximum Gasteiger partial charge on any atom is 0.259 e. The lowest BCUT2D eigenvalue weighted by Gasteiger charge is -2.08. The van der Waals surface area contributed by atoms with Crippen molar-refractivity contribution in [2.24, 2.45) is 5.73 Å². The van der Waals surface area contributed by atoms with E-state index < -0.39 is 11.8 Å². The van der Waals surface area contributed by atoms with Crippen LogP contribution >= 0.6 is 0 Å². The monoisotopic (exact) mass is 426 g/mol. The predicted octanol–water partition coefficient (Wildman–Crippen LogP) is 3.33. The smallest absolute Gasteiger partial charge is 0.259 e. The van der Waals surface area contributed by atoms with Crippen LogP contribution in [0.1, 0.15) is 35.4 Å². The Morgan fingerprint density at radius 1 is 0.844 bits per heavy atom. The number of imide groups is 1. The van der Waals surface area contributed by atoms with E-state index in [1.54, 1.807) is 0 Å². The minimum Gasteiger partial charge on any atom is -0.370 e. The fourth-order valence-electron chi connectivity index (χ4n) is 4.64. The summed E-state index contributed by atoms with van der Waals surface area (Å²) in [5, 5.41) is 4.24. The molecule has 3 heterocycles. The summed E-state index contributed by atoms with van der Waals surface area (Å²) in [5.74, 6) is -1.20. The first-order valence-electron chi connectivity index (χ1n) is 10.5. The highest BCUT2D eigenvalue weighted by Crippen LogP contribution is 2.40. The predicted molar refractivity (Wildman–Crippen MR) is 123 cm³/mol. The van der Waals surface area contributed by atoms with Crippen LogP contribution in [0.4, 0.5) is 0 Å². The first-order chi connectivity index (χ1) is 15.5. The number of aromatic amines is 2. The molecule has 0 saturated carbocycles. The van der Waals surface area contributed by atoms with Crippen molar-refractivity contribution in [3.05, 3.63) is 71.0 Å². The van der Waals surface area contributed by atoms with E-state index in [0.717, 1.165) is 38.8 Å². The van der Waals surface area contributed by atoms with Crippen molar-refractivity contribution >= 4 is 50.7 Å². The first kappa shape index (κ1) is 19.8. The summed E-state index contributed by atoms with van der Waals surface area (Å²) < 4.78 is 0. The SMILES string of the molecule is Cc1[nH]c2ccccc2c1C1=C(c2c(CCCC(N)=O)[nH]c3ccccc23)C(=O)NC1=O. The summed E-state index contributed by atoms with van der Waals surface area (Å²) in [4.78, 5) is 44.1. The molecule has 1 aliphatic rings. The number of nitrogens with one attached hydrogen (secondary N) is 3. The number of rotatable bonds is 6. The summed E-state index contributed by atoms with van der Waals surface area (Å²) in [7, 11) is 0. The first-order valence-corrected chi connectivity index (χ1v) is 10.5. The average molecular weight is 426 g/mol. The molecule has 0 aliphatic carbocycles. The number of aryl methyl sites for hydroxylation is 2. The number of carbonyl (C=O) groups excluding carboxylic acids is 3. The largest absolute Gasteiger partial charge is 0.370 e. The number of nitrogens with two attached hydrogens (primary N) is 1. The number of carbonyl (C=O) groups is 3. The van der Waals surface area contributed by atoms with E-state index >= 15 is 0 Å². The molecular formula is C25H22N4O3. The van der Waals surface area contributed by atoms with Crippen LogP contribution in [0.3, 0.4) is 0 Å². The van der Waals surface area contributed by atoms with Gasteiger partial charge >= 0.3 is 0 Å². The second-order valence-corrected chi connectivity index (χ2v) is 8.05. The zero-order valence-corrected chi connectivity index (χ0v) is 17.5. The highest BCUT2D eigenvalue weighted by atomic mass is 16.2. The fourth-order valence-corrected chi connectivity index (χ4v) is 4.64. The number of fused-ring (bicyclic) bond motifs is 2. The van der Waals surface area contributed by atoms with E-state index in [9.17, 15) is 14.4 Å². The second-order valence-electron chi connectivity index (χ2n) is 8.05. The van der Waals surface area contributed by atoms with Gasteiger partial charge in [-0.15, -0.1) is 0 Å². The zero-order chi connectivity index (χ0) is 22.4. The van der Waals surface area contributed by atoms with Crippen LogP contribution in [0.15, 0.2) is 48.5 Å². The molecule has 4 aromatic rings. The van der Waals surface area contributed by atoms with E-state index in [1.807, 2.05) is 55.5 Å². The molecule has 32 heavy (non-hydrogen) atoms. The topological polar surface area (TPSA) is 121 Å². The van der Waals surface area contributed by atoms with Gasteiger partial charge in [0, 0.05) is 50.7 Å². The van der Waals surface area contributed by atoms with Crippen LogP contribution in [0.2, 0.25) is 0 Å². The van der Waals surface area contributed by atoms with E-state index in [4.69, 9.17) is 5.73 Å². The van der Waals surface area contributed by atoms with Gasteiger partial charge in [-0.05, 0) is 31.9 Å². The Morgan fingerprint density at radius 3 is 2.06 bits per heavy atom. The summed E-state index contributed by atoms with van der Waals surface area (Å²) in [5.41, 5.74) is 10.9. The van der Waals surface area contributed by atoms with Gasteiger partial charge in [0.15, 0.2) is 0 Å². The lowest BCUT2D eigenvalue weighted by atomic mass is 9.91. The standard InChI is InChI=1S/C25H22N4O3/c1-13-20(14-7-2-4-9-16(14)27-13)22-23(25(32)29-24(22)31)21-15-8-3-5-10-17(15)28-18(21)11-6-12-19(26)30/h2-5,7-10,27-28H,6,11-12H2,1H3,(H2,26,30)(H,29,31,32). The van der Waals surface area contributed by atoms with Gasteiger partial charge in [-0.3, -0.25) is 19.7 Å². The molecule has 0 atom stereocenters. The third-order valence-electron chi connectivity index (χ3n) is 5.96. The number of amides is 3. The van der Waals surface area contributed by atoms with Crippen molar-refractivity contribution in [2.75, 3.05) is 0 Å². The molecule has 2 aromatic carbocycles. The fraction of sp³-hybridized carbons (Fsp3) is 0.160. The molecule has 0 bridgehead atoms. The van der Waals surface area contributed by atoms with Crippen LogP contribution in [-0.4, -0.2) is 27.7 Å². The molecule has 7 heteroatoms. The van der Waals surface area contributed by atoms with Gasteiger partial charge < -0.3 is 15.7 Å². The molecule has 7 nitrogen and oxygen atoms in total. The lowest BCUT2D eigenvalue weighted by Crippen LogP contribution is -2.23. The molecule has 0 fully saturated rings. The van der Waals surface area contributed by atoms with Crippen molar-refractivity contribution in [1.29, 1.82) is 0 Å². The van der Waals surface area contributed by atoms with Crippen molar-refractivity contribution in [3.8, 4) is 0 Å². The Kier molecular flexibility index (Phi) is 4.66. The number of primary amides is 1. The third kappa shape index (κ3) is 3.10. The van der Waals surface area contributed by atoms with Crippen LogP contribution < -0.4 is 11.1 Å². The van der Waals surface area contributed by atoms with Gasteiger partial charge in [-0.2, -0.15) is 0 Å². The Morgan fingerprint density at radius 2 is 1.41 bits per heavy atom. The number of aromatic nitrogens is 2. The van der Waals surface area contributed by atoms with Gasteiger partial charge in [0.2, 0.25) is 5.91 Å². The number of hydrogen-bond donors (Lipinski definition) is 4. The summed E-state index contributed by atoms with van der Waals surface area (Å²) in [6.45, 7) is 1.90. The van der Waals surface area contributed by atoms with E-state index in [-0.39, 0.29) is 12.3 Å². The van der Waals surface area contributed by atoms with Crippen molar-refractivity contribution in [3.63, 3.8) is 0 Å². The molecule has 2 aromatic heterocycles. The van der Waals surface area contributed by atoms with Crippen molar-refractivity contribution < 1.29 is 14.4 Å². The van der Waals surface area contributed by atoms with Crippen LogP contribution in [0, 0.1) is 6.92 Å². The summed E-state index contributed by atoms with van der Waals surface area (Å²) in [6.07, 6.45) is 1.31. The molecule has 3 amide bonds. The summed E-state index contributed by atoms with van der Waals surface area (Å²) in [6, 6.07) is 15.4. The molecule has 0 unspecified atom stereocenters. The normalized spacial score (nSPS) is 14.0. The Bertz CT molecular complexity index is 1450. The van der Waals surface area contributed by atoms with Crippen LogP contribution in [-0.2, 0) is 20.8 Å². The van der Waals surface area contributed by atoms with Gasteiger partial charge in [0.1, 0.15) is 0 Å². The third-order valence-corrected chi connectivity index (χ3v) is 5.96. The number of H-pyrrole nitrogens is 2. The van der Waals surface area contributed by atoms with Crippen molar-refractivity contribution in [2.45, 2.75) is 26.2 Å².